The van der Waals surface area contributed by atoms with E-state index in [1.165, 1.54) is 30.3 Å². The standard InChI is InChI=1S/C18H11ClN4O7/c19-15-4-1-10(22(26)27)7-13(15)17-6-3-12(30-17)9-20-21-18(25)14-8-11(23(28)29)2-5-16(14)24/h1-9,24H,(H,21,25)/b20-9+. The molecule has 2 N–H and O–H groups in total. The summed E-state index contributed by atoms with van der Waals surface area (Å²) in [5.41, 5.74) is 1.55. The van der Waals surface area contributed by atoms with Gasteiger partial charge in [-0.3, -0.25) is 25.0 Å². The number of nitrogens with one attached hydrogen (secondary N) is 1. The van der Waals surface area contributed by atoms with Crippen molar-refractivity contribution in [2.75, 3.05) is 0 Å². The quantitative estimate of drug-likeness (QED) is 0.340. The number of aromatic hydroxyl groups is 1. The van der Waals surface area contributed by atoms with E-state index >= 15 is 0 Å². The molecule has 0 spiro atoms. The largest absolute Gasteiger partial charge is 0.507 e. The number of nitro benzene ring substituents is 2. The molecule has 152 valence electrons. The fraction of sp³-hybridized carbons (Fsp3) is 0. The van der Waals surface area contributed by atoms with Crippen molar-refractivity contribution < 1.29 is 24.2 Å². The van der Waals surface area contributed by atoms with Crippen LogP contribution in [0.3, 0.4) is 0 Å². The first-order valence-electron chi connectivity index (χ1n) is 8.11. The molecule has 0 aliphatic rings. The fourth-order valence-electron chi connectivity index (χ4n) is 2.42. The maximum atomic E-state index is 12.1. The number of non-ortho nitro benzene ring substituents is 2. The van der Waals surface area contributed by atoms with Gasteiger partial charge >= 0.3 is 0 Å². The first kappa shape index (κ1) is 20.5. The Morgan fingerprint density at radius 3 is 2.43 bits per heavy atom. The molecule has 0 radical (unpaired) electrons. The van der Waals surface area contributed by atoms with Gasteiger partial charge in [0.1, 0.15) is 17.3 Å². The molecule has 0 atom stereocenters. The van der Waals surface area contributed by atoms with Gasteiger partial charge in [-0.15, -0.1) is 0 Å². The number of benzene rings is 2. The number of hydrazone groups is 1. The molecule has 30 heavy (non-hydrogen) atoms. The zero-order valence-electron chi connectivity index (χ0n) is 14.8. The van der Waals surface area contributed by atoms with Crippen LogP contribution in [0, 0.1) is 20.2 Å². The molecule has 2 aromatic carbocycles. The number of nitrogens with zero attached hydrogens (tertiary/aromatic N) is 3. The molecule has 0 bridgehead atoms. The van der Waals surface area contributed by atoms with E-state index < -0.39 is 21.5 Å². The number of hydrogen-bond acceptors (Lipinski definition) is 8. The third-order valence-corrected chi connectivity index (χ3v) is 4.18. The minimum Gasteiger partial charge on any atom is -0.507 e. The number of rotatable bonds is 6. The number of nitro groups is 2. The second-order valence-electron chi connectivity index (χ2n) is 5.78. The lowest BCUT2D eigenvalue weighted by molar-refractivity contribution is -0.385. The van der Waals surface area contributed by atoms with E-state index in [2.05, 4.69) is 10.5 Å². The molecule has 0 saturated heterocycles. The molecule has 0 saturated carbocycles. The van der Waals surface area contributed by atoms with Gasteiger partial charge in [0.25, 0.3) is 17.3 Å². The van der Waals surface area contributed by atoms with Crippen molar-refractivity contribution in [3.63, 3.8) is 0 Å². The monoisotopic (exact) mass is 430 g/mol. The van der Waals surface area contributed by atoms with Crippen LogP contribution in [0.15, 0.2) is 58.0 Å². The number of phenolic OH excluding ortho intramolecular Hbond substituents is 1. The van der Waals surface area contributed by atoms with Crippen LogP contribution in [0.1, 0.15) is 16.1 Å². The summed E-state index contributed by atoms with van der Waals surface area (Å²) >= 11 is 6.06. The van der Waals surface area contributed by atoms with Gasteiger partial charge < -0.3 is 9.52 Å². The number of carbonyl (C=O) groups excluding carboxylic acids is 1. The smallest absolute Gasteiger partial charge is 0.275 e. The summed E-state index contributed by atoms with van der Waals surface area (Å²) < 4.78 is 5.50. The normalized spacial score (nSPS) is 10.8. The third kappa shape index (κ3) is 4.42. The average Bonchev–Trinajstić information content (AvgIpc) is 3.16. The van der Waals surface area contributed by atoms with E-state index in [4.69, 9.17) is 16.0 Å². The van der Waals surface area contributed by atoms with Crippen LogP contribution in [0.4, 0.5) is 11.4 Å². The van der Waals surface area contributed by atoms with Crippen molar-refractivity contribution in [2.45, 2.75) is 0 Å². The summed E-state index contributed by atoms with van der Waals surface area (Å²) in [7, 11) is 0. The van der Waals surface area contributed by atoms with Crippen LogP contribution in [-0.4, -0.2) is 27.1 Å². The van der Waals surface area contributed by atoms with Crippen LogP contribution in [-0.2, 0) is 0 Å². The van der Waals surface area contributed by atoms with Gasteiger partial charge in [0.05, 0.1) is 26.6 Å². The number of halogens is 1. The average molecular weight is 431 g/mol. The van der Waals surface area contributed by atoms with Crippen LogP contribution in [0.5, 0.6) is 5.75 Å². The zero-order chi connectivity index (χ0) is 21.8. The van der Waals surface area contributed by atoms with Gasteiger partial charge in [-0.25, -0.2) is 5.43 Å². The van der Waals surface area contributed by atoms with E-state index in [0.717, 1.165) is 24.4 Å². The van der Waals surface area contributed by atoms with Gasteiger partial charge in [0, 0.05) is 29.8 Å². The lowest BCUT2D eigenvalue weighted by atomic mass is 10.1. The lowest BCUT2D eigenvalue weighted by Crippen LogP contribution is -2.17. The molecule has 3 aromatic rings. The fourth-order valence-corrected chi connectivity index (χ4v) is 2.63. The summed E-state index contributed by atoms with van der Waals surface area (Å²) in [6.45, 7) is 0. The number of amides is 1. The molecule has 1 heterocycles. The highest BCUT2D eigenvalue weighted by Gasteiger charge is 2.16. The first-order chi connectivity index (χ1) is 14.3. The first-order valence-corrected chi connectivity index (χ1v) is 8.49. The van der Waals surface area contributed by atoms with E-state index in [0.29, 0.717) is 5.56 Å². The summed E-state index contributed by atoms with van der Waals surface area (Å²) in [6.07, 6.45) is 1.14. The number of furan rings is 1. The Morgan fingerprint density at radius 2 is 1.73 bits per heavy atom. The molecule has 11 nitrogen and oxygen atoms in total. The molecule has 0 unspecified atom stereocenters. The minimum absolute atomic E-state index is 0.162. The molecule has 3 rings (SSSR count). The summed E-state index contributed by atoms with van der Waals surface area (Å²) in [6, 6.07) is 9.89. The molecule has 0 fully saturated rings. The molecule has 0 aliphatic carbocycles. The van der Waals surface area contributed by atoms with Gasteiger partial charge in [0.15, 0.2) is 0 Å². The lowest BCUT2D eigenvalue weighted by Gasteiger charge is -2.02. The van der Waals surface area contributed by atoms with Gasteiger partial charge in [-0.05, 0) is 24.3 Å². The Morgan fingerprint density at radius 1 is 1.07 bits per heavy atom. The number of carbonyl (C=O) groups is 1. The minimum atomic E-state index is -0.874. The molecule has 1 amide bonds. The van der Waals surface area contributed by atoms with Crippen molar-refractivity contribution >= 4 is 35.1 Å². The summed E-state index contributed by atoms with van der Waals surface area (Å²) in [5.74, 6) is -0.890. The number of phenols is 1. The highest BCUT2D eigenvalue weighted by molar-refractivity contribution is 6.33. The highest BCUT2D eigenvalue weighted by Crippen LogP contribution is 2.32. The predicted octanol–water partition coefficient (Wildman–Crippen LogP) is 3.89. The SMILES string of the molecule is O=C(N/N=C/c1ccc(-c2cc([N+](=O)[O-])ccc2Cl)o1)c1cc([N+](=O)[O-])ccc1O. The maximum Gasteiger partial charge on any atom is 0.275 e. The zero-order valence-corrected chi connectivity index (χ0v) is 15.6. The Bertz CT molecular complexity index is 1190. The molecular formula is C18H11ClN4O7. The van der Waals surface area contributed by atoms with E-state index in [1.54, 1.807) is 0 Å². The topological polar surface area (TPSA) is 161 Å². The van der Waals surface area contributed by atoms with Crippen LogP contribution in [0.2, 0.25) is 5.02 Å². The molecular weight excluding hydrogens is 420 g/mol. The van der Waals surface area contributed by atoms with Crippen molar-refractivity contribution in [3.8, 4) is 17.1 Å². The van der Waals surface area contributed by atoms with E-state index in [-0.39, 0.29) is 33.5 Å². The predicted molar refractivity (Wildman–Crippen MR) is 106 cm³/mol. The third-order valence-electron chi connectivity index (χ3n) is 3.85. The van der Waals surface area contributed by atoms with Gasteiger partial charge in [-0.1, -0.05) is 11.6 Å². The molecule has 1 aromatic heterocycles. The van der Waals surface area contributed by atoms with Crippen molar-refractivity contribution in [1.29, 1.82) is 0 Å². The van der Waals surface area contributed by atoms with E-state index in [9.17, 15) is 30.1 Å². The molecule has 12 heteroatoms. The summed E-state index contributed by atoms with van der Waals surface area (Å²) in [4.78, 5) is 32.5. The van der Waals surface area contributed by atoms with Crippen molar-refractivity contribution in [2.24, 2.45) is 5.10 Å². The Kier molecular flexibility index (Phi) is 5.74. The Balaban J connectivity index is 1.75. The summed E-state index contributed by atoms with van der Waals surface area (Å²) in [5, 5.41) is 35.3. The van der Waals surface area contributed by atoms with Crippen molar-refractivity contribution in [1.82, 2.24) is 5.43 Å². The van der Waals surface area contributed by atoms with Crippen LogP contribution >= 0.6 is 11.6 Å². The van der Waals surface area contributed by atoms with Crippen LogP contribution in [0.25, 0.3) is 11.3 Å². The van der Waals surface area contributed by atoms with Crippen LogP contribution < -0.4 is 5.43 Å². The Hall–Kier alpha value is -4.25. The Labute approximate surface area is 172 Å². The second kappa shape index (κ2) is 8.41. The van der Waals surface area contributed by atoms with Crippen molar-refractivity contribution in [3.05, 3.63) is 85.1 Å². The molecule has 0 aliphatic heterocycles. The number of hydrogen-bond donors (Lipinski definition) is 2. The maximum absolute atomic E-state index is 12.1. The second-order valence-corrected chi connectivity index (χ2v) is 6.19. The highest BCUT2D eigenvalue weighted by atomic mass is 35.5. The van der Waals surface area contributed by atoms with Gasteiger partial charge in [0.2, 0.25) is 0 Å². The van der Waals surface area contributed by atoms with E-state index in [1.807, 2.05) is 0 Å². The van der Waals surface area contributed by atoms with Gasteiger partial charge in [-0.2, -0.15) is 5.10 Å².